The Balaban J connectivity index is 1.87. The number of carbonyl (C=O) groups is 2. The van der Waals surface area contributed by atoms with E-state index in [0.29, 0.717) is 18.0 Å². The first-order valence-corrected chi connectivity index (χ1v) is 7.16. The second-order valence-corrected chi connectivity index (χ2v) is 5.36. The van der Waals surface area contributed by atoms with Crippen molar-refractivity contribution >= 4 is 17.5 Å². The molecule has 21 heavy (non-hydrogen) atoms. The van der Waals surface area contributed by atoms with Gasteiger partial charge >= 0.3 is 0 Å². The Labute approximate surface area is 123 Å². The summed E-state index contributed by atoms with van der Waals surface area (Å²) < 4.78 is 13.3. The predicted octanol–water partition coefficient (Wildman–Crippen LogP) is 1.64. The highest BCUT2D eigenvalue weighted by Crippen LogP contribution is 2.18. The lowest BCUT2D eigenvalue weighted by Gasteiger charge is -2.22. The number of rotatable bonds is 5. The molecule has 1 aliphatic heterocycles. The van der Waals surface area contributed by atoms with E-state index >= 15 is 0 Å². The van der Waals surface area contributed by atoms with Gasteiger partial charge in [0, 0.05) is 12.1 Å². The minimum Gasteiger partial charge on any atom is -0.366 e. The molecule has 2 rings (SSSR count). The average molecular weight is 293 g/mol. The first-order valence-electron chi connectivity index (χ1n) is 7.16. The van der Waals surface area contributed by atoms with Crippen LogP contribution in [0.3, 0.4) is 0 Å². The Hall–Kier alpha value is -1.95. The number of nitrogens with one attached hydrogen (secondary N) is 2. The number of hydrogen-bond acceptors (Lipinski definition) is 3. The fraction of sp³-hybridized carbons (Fsp3) is 0.467. The number of amides is 2. The van der Waals surface area contributed by atoms with E-state index in [1.165, 1.54) is 12.1 Å². The summed E-state index contributed by atoms with van der Waals surface area (Å²) in [6, 6.07) is 3.81. The van der Waals surface area contributed by atoms with Crippen LogP contribution in [0.5, 0.6) is 0 Å². The molecule has 1 saturated heterocycles. The number of primary amides is 1. The highest BCUT2D eigenvalue weighted by atomic mass is 19.1. The second kappa shape index (κ2) is 7.17. The van der Waals surface area contributed by atoms with Gasteiger partial charge in [-0.1, -0.05) is 0 Å². The average Bonchev–Trinajstić information content (AvgIpc) is 2.48. The van der Waals surface area contributed by atoms with Crippen molar-refractivity contribution in [2.24, 2.45) is 11.7 Å². The van der Waals surface area contributed by atoms with Gasteiger partial charge in [-0.3, -0.25) is 9.59 Å². The van der Waals surface area contributed by atoms with E-state index in [-0.39, 0.29) is 11.5 Å². The van der Waals surface area contributed by atoms with Crippen LogP contribution in [-0.4, -0.2) is 24.9 Å². The standard InChI is InChI=1S/C15H20FN3O2/c16-13-5-4-11(8-12(13)15(17)21)19-14(20)6-3-10-2-1-7-18-9-10/h4-5,8,10,18H,1-3,6-7,9H2,(H2,17,21)(H,19,20). The van der Waals surface area contributed by atoms with Gasteiger partial charge in [-0.05, 0) is 56.5 Å². The first-order chi connectivity index (χ1) is 10.1. The van der Waals surface area contributed by atoms with Gasteiger partial charge in [0.05, 0.1) is 5.56 Å². The minimum absolute atomic E-state index is 0.136. The van der Waals surface area contributed by atoms with Crippen molar-refractivity contribution in [2.45, 2.75) is 25.7 Å². The predicted molar refractivity (Wildman–Crippen MR) is 78.4 cm³/mol. The SMILES string of the molecule is NC(=O)c1cc(NC(=O)CCC2CCCNC2)ccc1F. The molecule has 1 unspecified atom stereocenters. The molecule has 0 saturated carbocycles. The second-order valence-electron chi connectivity index (χ2n) is 5.36. The third kappa shape index (κ3) is 4.53. The molecule has 0 radical (unpaired) electrons. The summed E-state index contributed by atoms with van der Waals surface area (Å²) in [5.74, 6) is -1.15. The van der Waals surface area contributed by atoms with Gasteiger partial charge in [0.15, 0.2) is 0 Å². The summed E-state index contributed by atoms with van der Waals surface area (Å²) in [7, 11) is 0. The third-order valence-electron chi connectivity index (χ3n) is 3.69. The van der Waals surface area contributed by atoms with Crippen LogP contribution in [-0.2, 0) is 4.79 Å². The number of carbonyl (C=O) groups excluding carboxylic acids is 2. The largest absolute Gasteiger partial charge is 0.366 e. The van der Waals surface area contributed by atoms with Crippen molar-refractivity contribution in [1.82, 2.24) is 5.32 Å². The van der Waals surface area contributed by atoms with E-state index in [1.54, 1.807) is 0 Å². The molecule has 1 aromatic carbocycles. The number of benzene rings is 1. The number of nitrogens with two attached hydrogens (primary N) is 1. The molecule has 0 spiro atoms. The van der Waals surface area contributed by atoms with Crippen molar-refractivity contribution in [3.05, 3.63) is 29.6 Å². The van der Waals surface area contributed by atoms with Crippen LogP contribution in [0.25, 0.3) is 0 Å². The normalized spacial score (nSPS) is 18.2. The molecule has 0 aromatic heterocycles. The van der Waals surface area contributed by atoms with Gasteiger partial charge in [-0.25, -0.2) is 4.39 Å². The van der Waals surface area contributed by atoms with Crippen molar-refractivity contribution in [3.8, 4) is 0 Å². The topological polar surface area (TPSA) is 84.2 Å². The summed E-state index contributed by atoms with van der Waals surface area (Å²) >= 11 is 0. The van der Waals surface area contributed by atoms with E-state index < -0.39 is 11.7 Å². The highest BCUT2D eigenvalue weighted by Gasteiger charge is 2.15. The molecule has 114 valence electrons. The minimum atomic E-state index is -0.850. The maximum absolute atomic E-state index is 13.3. The fourth-order valence-electron chi connectivity index (χ4n) is 2.52. The molecular formula is C15H20FN3O2. The highest BCUT2D eigenvalue weighted by molar-refractivity contribution is 5.96. The summed E-state index contributed by atoms with van der Waals surface area (Å²) in [5, 5.41) is 5.98. The Morgan fingerprint density at radius 3 is 2.90 bits per heavy atom. The van der Waals surface area contributed by atoms with Crippen LogP contribution < -0.4 is 16.4 Å². The van der Waals surface area contributed by atoms with Crippen molar-refractivity contribution in [2.75, 3.05) is 18.4 Å². The van der Waals surface area contributed by atoms with Crippen molar-refractivity contribution < 1.29 is 14.0 Å². The molecule has 1 aliphatic rings. The molecule has 4 N–H and O–H groups in total. The van der Waals surface area contributed by atoms with Crippen LogP contribution in [0.4, 0.5) is 10.1 Å². The third-order valence-corrected chi connectivity index (χ3v) is 3.69. The van der Waals surface area contributed by atoms with Gasteiger partial charge in [0.1, 0.15) is 5.82 Å². The van der Waals surface area contributed by atoms with Gasteiger partial charge in [-0.2, -0.15) is 0 Å². The number of anilines is 1. The van der Waals surface area contributed by atoms with Gasteiger partial charge in [0.25, 0.3) is 5.91 Å². The van der Waals surface area contributed by atoms with E-state index in [2.05, 4.69) is 10.6 Å². The summed E-state index contributed by atoms with van der Waals surface area (Å²) in [4.78, 5) is 22.9. The maximum atomic E-state index is 13.3. The van der Waals surface area contributed by atoms with Gasteiger partial charge in [-0.15, -0.1) is 0 Å². The molecule has 2 amide bonds. The number of piperidine rings is 1. The first kappa shape index (κ1) is 15.4. The zero-order valence-corrected chi connectivity index (χ0v) is 11.8. The van der Waals surface area contributed by atoms with Gasteiger partial charge in [0.2, 0.25) is 5.91 Å². The van der Waals surface area contributed by atoms with Crippen LogP contribution in [0.15, 0.2) is 18.2 Å². The van der Waals surface area contributed by atoms with Crippen LogP contribution in [0, 0.1) is 11.7 Å². The monoisotopic (exact) mass is 293 g/mol. The molecule has 5 nitrogen and oxygen atoms in total. The Morgan fingerprint density at radius 1 is 1.43 bits per heavy atom. The molecule has 6 heteroatoms. The molecule has 0 aliphatic carbocycles. The van der Waals surface area contributed by atoms with Crippen molar-refractivity contribution in [1.29, 1.82) is 0 Å². The summed E-state index contributed by atoms with van der Waals surface area (Å²) in [5.41, 5.74) is 5.24. The Bertz CT molecular complexity index is 528. The molecule has 1 atom stereocenters. The lowest BCUT2D eigenvalue weighted by atomic mass is 9.94. The Kier molecular flexibility index (Phi) is 5.27. The number of halogens is 1. The van der Waals surface area contributed by atoms with E-state index in [4.69, 9.17) is 5.73 Å². The Morgan fingerprint density at radius 2 is 2.24 bits per heavy atom. The van der Waals surface area contributed by atoms with Crippen molar-refractivity contribution in [3.63, 3.8) is 0 Å². The molecule has 1 heterocycles. The number of hydrogen-bond donors (Lipinski definition) is 3. The zero-order chi connectivity index (χ0) is 15.2. The smallest absolute Gasteiger partial charge is 0.251 e. The van der Waals surface area contributed by atoms with Crippen LogP contribution in [0.1, 0.15) is 36.0 Å². The van der Waals surface area contributed by atoms with Crippen LogP contribution in [0.2, 0.25) is 0 Å². The molecular weight excluding hydrogens is 273 g/mol. The maximum Gasteiger partial charge on any atom is 0.251 e. The lowest BCUT2D eigenvalue weighted by Crippen LogP contribution is -2.30. The van der Waals surface area contributed by atoms with Gasteiger partial charge < -0.3 is 16.4 Å². The lowest BCUT2D eigenvalue weighted by molar-refractivity contribution is -0.116. The molecule has 0 bridgehead atoms. The van der Waals surface area contributed by atoms with E-state index in [9.17, 15) is 14.0 Å². The summed E-state index contributed by atoms with van der Waals surface area (Å²) in [6.45, 7) is 2.00. The van der Waals surface area contributed by atoms with Crippen LogP contribution >= 0.6 is 0 Å². The quantitative estimate of drug-likeness (QED) is 0.771. The van der Waals surface area contributed by atoms with E-state index in [0.717, 1.165) is 38.4 Å². The fourth-order valence-corrected chi connectivity index (χ4v) is 2.52. The molecule has 1 aromatic rings. The summed E-state index contributed by atoms with van der Waals surface area (Å²) in [6.07, 6.45) is 3.52. The zero-order valence-electron chi connectivity index (χ0n) is 11.8. The van der Waals surface area contributed by atoms with E-state index in [1.807, 2.05) is 0 Å². The molecule has 1 fully saturated rings.